The highest BCUT2D eigenvalue weighted by molar-refractivity contribution is 5.97. The number of hydrogen-bond acceptors (Lipinski definition) is 7. The first-order valence-electron chi connectivity index (χ1n) is 12.7. The van der Waals surface area contributed by atoms with Gasteiger partial charge in [-0.3, -0.25) is 24.0 Å². The molecule has 0 aliphatic rings. The molecule has 1 unspecified atom stereocenters. The Morgan fingerprint density at radius 2 is 1.79 bits per heavy atom. The molecule has 12 heteroatoms. The number of amides is 3. The number of carboxylic acids is 1. The second kappa shape index (κ2) is 17.5. The minimum absolute atomic E-state index is 0.0694. The lowest BCUT2D eigenvalue weighted by molar-refractivity contribution is -0.139. The van der Waals surface area contributed by atoms with E-state index in [-0.39, 0.29) is 44.0 Å². The largest absolute Gasteiger partial charge is 0.481 e. The quantitative estimate of drug-likeness (QED) is 0.172. The molecule has 1 rings (SSSR count). The zero-order valence-electron chi connectivity index (χ0n) is 22.2. The summed E-state index contributed by atoms with van der Waals surface area (Å²) in [6.07, 6.45) is 5.50. The summed E-state index contributed by atoms with van der Waals surface area (Å²) in [6, 6.07) is 1.77. The number of allylic oxidation sites excluding steroid dienone is 1. The predicted octanol–water partition coefficient (Wildman–Crippen LogP) is 1.59. The first-order chi connectivity index (χ1) is 18.1. The van der Waals surface area contributed by atoms with Crippen LogP contribution in [0.25, 0.3) is 0 Å². The van der Waals surface area contributed by atoms with Crippen molar-refractivity contribution in [2.24, 2.45) is 5.92 Å². The van der Waals surface area contributed by atoms with Gasteiger partial charge in [-0.25, -0.2) is 4.79 Å². The summed E-state index contributed by atoms with van der Waals surface area (Å²) in [7, 11) is 0. The number of aliphatic carboxylic acids is 1. The van der Waals surface area contributed by atoms with Crippen molar-refractivity contribution in [3.8, 4) is 0 Å². The van der Waals surface area contributed by atoms with E-state index in [0.717, 1.165) is 12.8 Å². The molecule has 0 aromatic carbocycles. The Bertz CT molecular complexity index is 1050. The van der Waals surface area contributed by atoms with E-state index in [1.165, 1.54) is 35.0 Å². The van der Waals surface area contributed by atoms with Crippen LogP contribution in [0.1, 0.15) is 59.3 Å². The topological polar surface area (TPSA) is 173 Å². The number of nitrogens with one attached hydrogen (secondary N) is 3. The molecule has 1 heterocycles. The van der Waals surface area contributed by atoms with Crippen molar-refractivity contribution in [2.45, 2.75) is 71.9 Å². The molecule has 3 amide bonds. The van der Waals surface area contributed by atoms with Gasteiger partial charge in [-0.15, -0.1) is 0 Å². The van der Waals surface area contributed by atoms with E-state index in [0.29, 0.717) is 12.5 Å². The lowest BCUT2D eigenvalue weighted by atomic mass is 10.0. The van der Waals surface area contributed by atoms with E-state index in [2.05, 4.69) is 16.0 Å². The third kappa shape index (κ3) is 12.3. The Morgan fingerprint density at radius 3 is 2.42 bits per heavy atom. The van der Waals surface area contributed by atoms with Gasteiger partial charge in [-0.05, 0) is 37.8 Å². The summed E-state index contributed by atoms with van der Waals surface area (Å²) < 4.78 is 5.96. The normalized spacial score (nSPS) is 11.7. The van der Waals surface area contributed by atoms with Crippen LogP contribution in [0.4, 0.5) is 5.69 Å². The first kappa shape index (κ1) is 32.1. The number of hydrogen-bond donors (Lipinski definition) is 4. The summed E-state index contributed by atoms with van der Waals surface area (Å²) in [6.45, 7) is 6.23. The van der Waals surface area contributed by atoms with Crippen molar-refractivity contribution in [1.82, 2.24) is 15.2 Å². The Balaban J connectivity index is 2.92. The molecule has 210 valence electrons. The molecule has 0 radical (unpaired) electrons. The molecule has 4 N–H and O–H groups in total. The molecule has 0 saturated heterocycles. The Kier molecular flexibility index (Phi) is 14.8. The lowest BCUT2D eigenvalue weighted by Gasteiger charge is -2.18. The fourth-order valence-electron chi connectivity index (χ4n) is 3.41. The molecule has 1 aromatic heterocycles. The fraction of sp³-hybridized carbons (Fsp3) is 0.538. The number of carboxylic acid groups (broad SMARTS) is 1. The van der Waals surface area contributed by atoms with Gasteiger partial charge < -0.3 is 30.4 Å². The van der Waals surface area contributed by atoms with Crippen molar-refractivity contribution in [3.05, 3.63) is 40.8 Å². The number of carbonyl (C=O) groups is 5. The molecule has 0 saturated carbocycles. The Morgan fingerprint density at radius 1 is 1.08 bits per heavy atom. The predicted molar refractivity (Wildman–Crippen MR) is 140 cm³/mol. The number of aromatic nitrogens is 1. The number of rotatable bonds is 17. The Hall–Kier alpha value is -3.96. The van der Waals surface area contributed by atoms with E-state index in [9.17, 15) is 28.8 Å². The smallest absolute Gasteiger partial charge is 0.330 e. The third-order valence-corrected chi connectivity index (χ3v) is 5.71. The number of pyridine rings is 1. The van der Waals surface area contributed by atoms with Gasteiger partial charge in [0.1, 0.15) is 18.3 Å². The van der Waals surface area contributed by atoms with Gasteiger partial charge in [0.2, 0.25) is 17.7 Å². The van der Waals surface area contributed by atoms with Gasteiger partial charge in [-0.2, -0.15) is 0 Å². The number of nitrogens with zero attached hydrogens (tertiary/aromatic N) is 1. The van der Waals surface area contributed by atoms with Crippen LogP contribution < -0.4 is 21.5 Å². The average Bonchev–Trinajstić information content (AvgIpc) is 2.87. The van der Waals surface area contributed by atoms with Gasteiger partial charge in [0.15, 0.2) is 0 Å². The van der Waals surface area contributed by atoms with E-state index < -0.39 is 41.8 Å². The number of anilines is 1. The van der Waals surface area contributed by atoms with E-state index in [4.69, 9.17) is 9.84 Å². The van der Waals surface area contributed by atoms with Gasteiger partial charge >= 0.3 is 11.9 Å². The van der Waals surface area contributed by atoms with Crippen molar-refractivity contribution >= 4 is 35.3 Å². The zero-order valence-corrected chi connectivity index (χ0v) is 22.2. The highest BCUT2D eigenvalue weighted by Crippen LogP contribution is 2.07. The molecule has 0 fully saturated rings. The second-order valence-electron chi connectivity index (χ2n) is 8.58. The van der Waals surface area contributed by atoms with Gasteiger partial charge in [-0.1, -0.05) is 32.8 Å². The van der Waals surface area contributed by atoms with Gasteiger partial charge in [0, 0.05) is 25.2 Å². The summed E-state index contributed by atoms with van der Waals surface area (Å²) in [5.41, 5.74) is -0.686. The van der Waals surface area contributed by atoms with Crippen LogP contribution in [0.5, 0.6) is 0 Å². The van der Waals surface area contributed by atoms with Crippen molar-refractivity contribution in [3.63, 3.8) is 0 Å². The summed E-state index contributed by atoms with van der Waals surface area (Å²) in [5, 5.41) is 16.6. The minimum Gasteiger partial charge on any atom is -0.481 e. The highest BCUT2D eigenvalue weighted by Gasteiger charge is 2.22. The zero-order chi connectivity index (χ0) is 28.5. The van der Waals surface area contributed by atoms with Crippen molar-refractivity contribution < 1.29 is 33.8 Å². The molecule has 0 aliphatic heterocycles. The molecule has 1 aromatic rings. The minimum atomic E-state index is -1.16. The third-order valence-electron chi connectivity index (χ3n) is 5.71. The first-order valence-corrected chi connectivity index (χ1v) is 12.7. The van der Waals surface area contributed by atoms with Crippen LogP contribution in [-0.2, 0) is 35.3 Å². The molecule has 0 aliphatic carbocycles. The van der Waals surface area contributed by atoms with E-state index >= 15 is 0 Å². The van der Waals surface area contributed by atoms with Crippen LogP contribution in [0.2, 0.25) is 0 Å². The number of esters is 1. The molecule has 0 bridgehead atoms. The SMILES string of the molecule is CCOC(=O)/C=C/CCC(NC(=O)CCC(=O)O)C(=O)Nc1cccn(CC(=O)NCC(CC)CC)c1=O. The summed E-state index contributed by atoms with van der Waals surface area (Å²) in [5.74, 6) is -3.05. The maximum Gasteiger partial charge on any atom is 0.330 e. The lowest BCUT2D eigenvalue weighted by Crippen LogP contribution is -2.44. The molecule has 12 nitrogen and oxygen atoms in total. The number of ether oxygens (including phenoxy) is 1. The fourth-order valence-corrected chi connectivity index (χ4v) is 3.41. The molecule has 0 spiro atoms. The molecular weight excluding hydrogens is 496 g/mol. The number of carbonyl (C=O) groups excluding carboxylic acids is 4. The highest BCUT2D eigenvalue weighted by atomic mass is 16.5. The van der Waals surface area contributed by atoms with Gasteiger partial charge in [0.25, 0.3) is 5.56 Å². The maximum atomic E-state index is 13.0. The summed E-state index contributed by atoms with van der Waals surface area (Å²) in [4.78, 5) is 72.6. The van der Waals surface area contributed by atoms with Crippen molar-refractivity contribution in [1.29, 1.82) is 0 Å². The molecule has 38 heavy (non-hydrogen) atoms. The monoisotopic (exact) mass is 534 g/mol. The van der Waals surface area contributed by atoms with Crippen LogP contribution in [0.15, 0.2) is 35.3 Å². The van der Waals surface area contributed by atoms with Crippen molar-refractivity contribution in [2.75, 3.05) is 18.5 Å². The standard InChI is InChI=1S/C26H38N4O8/c1-4-18(5-2)16-27-22(32)17-30-15-9-11-20(26(30)37)29-25(36)19(28-21(31)13-14-23(33)34)10-7-8-12-24(35)38-6-3/h8-9,11-12,15,18-19H,4-7,10,13-14,16-17H2,1-3H3,(H,27,32)(H,28,31)(H,29,36)(H,33,34)/b12-8+. The van der Waals surface area contributed by atoms with E-state index in [1.54, 1.807) is 6.92 Å². The summed E-state index contributed by atoms with van der Waals surface area (Å²) >= 11 is 0. The van der Waals surface area contributed by atoms with Gasteiger partial charge in [0.05, 0.1) is 13.0 Å². The average molecular weight is 535 g/mol. The van der Waals surface area contributed by atoms with Crippen LogP contribution in [0.3, 0.4) is 0 Å². The van der Waals surface area contributed by atoms with E-state index in [1.807, 2.05) is 13.8 Å². The second-order valence-corrected chi connectivity index (χ2v) is 8.58. The van der Waals surface area contributed by atoms with Crippen LogP contribution >= 0.6 is 0 Å². The van der Waals surface area contributed by atoms with Crippen LogP contribution in [-0.4, -0.2) is 58.5 Å². The van der Waals surface area contributed by atoms with Crippen LogP contribution in [0, 0.1) is 5.92 Å². The molecule has 1 atom stereocenters. The Labute approximate surface area is 221 Å². The molecular formula is C26H38N4O8. The maximum absolute atomic E-state index is 13.0.